The van der Waals surface area contributed by atoms with E-state index in [1.54, 1.807) is 6.92 Å². The van der Waals surface area contributed by atoms with Gasteiger partial charge in [-0.15, -0.1) is 0 Å². The van der Waals surface area contributed by atoms with Crippen molar-refractivity contribution in [3.63, 3.8) is 0 Å². The van der Waals surface area contributed by atoms with Crippen molar-refractivity contribution in [1.82, 2.24) is 0 Å². The SMILES string of the molecule is CC(=O)CCCOCCCC1OC1C. The highest BCUT2D eigenvalue weighted by atomic mass is 16.6. The second kappa shape index (κ2) is 6.14. The van der Waals surface area contributed by atoms with Gasteiger partial charge in [-0.2, -0.15) is 0 Å². The molecule has 1 rings (SSSR count). The number of carbonyl (C=O) groups is 1. The van der Waals surface area contributed by atoms with Gasteiger partial charge in [-0.25, -0.2) is 0 Å². The lowest BCUT2D eigenvalue weighted by molar-refractivity contribution is -0.117. The molecule has 1 aliphatic rings. The van der Waals surface area contributed by atoms with Gasteiger partial charge in [0.15, 0.2) is 0 Å². The standard InChI is InChI=1S/C11H20O3/c1-9(12)5-3-7-13-8-4-6-11-10(2)14-11/h10-11H,3-8H2,1-2H3. The Kier molecular flexibility index (Phi) is 5.12. The van der Waals surface area contributed by atoms with Crippen molar-refractivity contribution in [1.29, 1.82) is 0 Å². The van der Waals surface area contributed by atoms with Crippen LogP contribution in [0.2, 0.25) is 0 Å². The fourth-order valence-electron chi connectivity index (χ4n) is 1.44. The summed E-state index contributed by atoms with van der Waals surface area (Å²) in [7, 11) is 0. The van der Waals surface area contributed by atoms with Gasteiger partial charge in [0, 0.05) is 19.6 Å². The van der Waals surface area contributed by atoms with E-state index in [-0.39, 0.29) is 5.78 Å². The fraction of sp³-hybridized carbons (Fsp3) is 0.909. The van der Waals surface area contributed by atoms with Gasteiger partial charge in [0.25, 0.3) is 0 Å². The minimum absolute atomic E-state index is 0.244. The van der Waals surface area contributed by atoms with E-state index >= 15 is 0 Å². The molecule has 3 heteroatoms. The second-order valence-corrected chi connectivity index (χ2v) is 3.94. The summed E-state index contributed by atoms with van der Waals surface area (Å²) in [6, 6.07) is 0. The first kappa shape index (κ1) is 11.7. The Morgan fingerprint density at radius 1 is 1.36 bits per heavy atom. The summed E-state index contributed by atoms with van der Waals surface area (Å²) in [5, 5.41) is 0. The zero-order chi connectivity index (χ0) is 10.4. The van der Waals surface area contributed by atoms with E-state index in [1.165, 1.54) is 0 Å². The molecule has 2 atom stereocenters. The van der Waals surface area contributed by atoms with Gasteiger partial charge in [0.05, 0.1) is 12.2 Å². The predicted octanol–water partition coefficient (Wildman–Crippen LogP) is 1.94. The van der Waals surface area contributed by atoms with Crippen LogP contribution < -0.4 is 0 Å². The van der Waals surface area contributed by atoms with E-state index in [0.717, 1.165) is 25.9 Å². The zero-order valence-electron chi connectivity index (χ0n) is 9.12. The molecule has 14 heavy (non-hydrogen) atoms. The molecule has 82 valence electrons. The first-order chi connectivity index (χ1) is 6.70. The topological polar surface area (TPSA) is 38.8 Å². The first-order valence-electron chi connectivity index (χ1n) is 5.43. The van der Waals surface area contributed by atoms with Gasteiger partial charge in [-0.1, -0.05) is 0 Å². The smallest absolute Gasteiger partial charge is 0.129 e. The van der Waals surface area contributed by atoms with Crippen molar-refractivity contribution in [3.8, 4) is 0 Å². The van der Waals surface area contributed by atoms with E-state index in [0.29, 0.717) is 25.2 Å². The third-order valence-electron chi connectivity index (χ3n) is 2.43. The minimum Gasteiger partial charge on any atom is -0.381 e. The summed E-state index contributed by atoms with van der Waals surface area (Å²) in [4.78, 5) is 10.6. The molecule has 3 nitrogen and oxygen atoms in total. The molecular weight excluding hydrogens is 180 g/mol. The molecule has 1 saturated heterocycles. The third kappa shape index (κ3) is 5.35. The molecule has 0 N–H and O–H groups in total. The zero-order valence-corrected chi connectivity index (χ0v) is 9.12. The molecule has 0 aromatic rings. The highest BCUT2D eigenvalue weighted by Gasteiger charge is 2.32. The predicted molar refractivity (Wildman–Crippen MR) is 54.3 cm³/mol. The number of ether oxygens (including phenoxy) is 2. The molecule has 0 aromatic heterocycles. The molecule has 0 aliphatic carbocycles. The number of Topliss-reactive ketones (excluding diaryl/α,β-unsaturated/α-hetero) is 1. The largest absolute Gasteiger partial charge is 0.381 e. The summed E-state index contributed by atoms with van der Waals surface area (Å²) in [6.45, 7) is 5.22. The van der Waals surface area contributed by atoms with E-state index < -0.39 is 0 Å². The highest BCUT2D eigenvalue weighted by Crippen LogP contribution is 2.25. The molecule has 1 fully saturated rings. The summed E-state index contributed by atoms with van der Waals surface area (Å²) in [5.74, 6) is 0.244. The van der Waals surface area contributed by atoms with Crippen LogP contribution in [0.25, 0.3) is 0 Å². The molecule has 0 amide bonds. The van der Waals surface area contributed by atoms with Crippen molar-refractivity contribution in [2.75, 3.05) is 13.2 Å². The van der Waals surface area contributed by atoms with Crippen LogP contribution in [0, 0.1) is 0 Å². The lowest BCUT2D eigenvalue weighted by atomic mass is 10.2. The molecule has 1 heterocycles. The molecule has 0 radical (unpaired) electrons. The molecule has 0 aromatic carbocycles. The van der Waals surface area contributed by atoms with Crippen LogP contribution in [0.5, 0.6) is 0 Å². The Hall–Kier alpha value is -0.410. The van der Waals surface area contributed by atoms with Crippen LogP contribution in [0.4, 0.5) is 0 Å². The number of rotatable bonds is 8. The van der Waals surface area contributed by atoms with E-state index in [9.17, 15) is 4.79 Å². The lowest BCUT2D eigenvalue weighted by Crippen LogP contribution is -2.01. The quantitative estimate of drug-likeness (QED) is 0.444. The number of hydrogen-bond acceptors (Lipinski definition) is 3. The van der Waals surface area contributed by atoms with Gasteiger partial charge >= 0.3 is 0 Å². The minimum atomic E-state index is 0.244. The van der Waals surface area contributed by atoms with Crippen LogP contribution in [0.1, 0.15) is 39.5 Å². The number of hydrogen-bond donors (Lipinski definition) is 0. The van der Waals surface area contributed by atoms with E-state index in [2.05, 4.69) is 6.92 Å². The van der Waals surface area contributed by atoms with Crippen molar-refractivity contribution < 1.29 is 14.3 Å². The van der Waals surface area contributed by atoms with Crippen molar-refractivity contribution in [2.24, 2.45) is 0 Å². The lowest BCUT2D eigenvalue weighted by Gasteiger charge is -2.01. The molecule has 0 spiro atoms. The Balaban J connectivity index is 1.74. The average molecular weight is 200 g/mol. The molecule has 2 unspecified atom stereocenters. The second-order valence-electron chi connectivity index (χ2n) is 3.94. The van der Waals surface area contributed by atoms with Crippen molar-refractivity contribution in [3.05, 3.63) is 0 Å². The van der Waals surface area contributed by atoms with Crippen LogP contribution >= 0.6 is 0 Å². The van der Waals surface area contributed by atoms with Crippen LogP contribution in [-0.2, 0) is 14.3 Å². The van der Waals surface area contributed by atoms with Gasteiger partial charge < -0.3 is 14.3 Å². The third-order valence-corrected chi connectivity index (χ3v) is 2.43. The van der Waals surface area contributed by atoms with E-state index in [1.807, 2.05) is 0 Å². The van der Waals surface area contributed by atoms with Crippen molar-refractivity contribution in [2.45, 2.75) is 51.7 Å². The van der Waals surface area contributed by atoms with Crippen LogP contribution in [-0.4, -0.2) is 31.2 Å². The Bertz CT molecular complexity index is 179. The maximum atomic E-state index is 10.6. The monoisotopic (exact) mass is 200 g/mol. The number of epoxide rings is 1. The van der Waals surface area contributed by atoms with Crippen LogP contribution in [0.15, 0.2) is 0 Å². The Morgan fingerprint density at radius 2 is 2.00 bits per heavy atom. The van der Waals surface area contributed by atoms with Gasteiger partial charge in [0.2, 0.25) is 0 Å². The summed E-state index contributed by atoms with van der Waals surface area (Å²) >= 11 is 0. The first-order valence-corrected chi connectivity index (χ1v) is 5.43. The van der Waals surface area contributed by atoms with Gasteiger partial charge in [-0.3, -0.25) is 0 Å². The molecule has 1 aliphatic heterocycles. The number of carbonyl (C=O) groups excluding carboxylic acids is 1. The average Bonchev–Trinajstić information content (AvgIpc) is 2.80. The van der Waals surface area contributed by atoms with Gasteiger partial charge in [0.1, 0.15) is 5.78 Å². The number of ketones is 1. The van der Waals surface area contributed by atoms with Crippen LogP contribution in [0.3, 0.4) is 0 Å². The summed E-state index contributed by atoms with van der Waals surface area (Å²) in [5.41, 5.74) is 0. The Morgan fingerprint density at radius 3 is 2.57 bits per heavy atom. The summed E-state index contributed by atoms with van der Waals surface area (Å²) in [6.07, 6.45) is 4.61. The maximum absolute atomic E-state index is 10.6. The maximum Gasteiger partial charge on any atom is 0.129 e. The highest BCUT2D eigenvalue weighted by molar-refractivity contribution is 5.75. The van der Waals surface area contributed by atoms with Crippen molar-refractivity contribution >= 4 is 5.78 Å². The molecular formula is C11H20O3. The molecule has 0 bridgehead atoms. The summed E-state index contributed by atoms with van der Waals surface area (Å²) < 4.78 is 10.7. The fourth-order valence-corrected chi connectivity index (χ4v) is 1.44. The normalized spacial score (nSPS) is 25.0. The molecule has 0 saturated carbocycles. The Labute approximate surface area is 85.8 Å². The van der Waals surface area contributed by atoms with E-state index in [4.69, 9.17) is 9.47 Å². The van der Waals surface area contributed by atoms with Gasteiger partial charge in [-0.05, 0) is 33.1 Å².